The van der Waals surface area contributed by atoms with Crippen molar-refractivity contribution < 1.29 is 13.2 Å². The molecule has 0 bridgehead atoms. The summed E-state index contributed by atoms with van der Waals surface area (Å²) in [6.45, 7) is 3.59. The minimum Gasteiger partial charge on any atom is -0.351 e. The number of carbonyl (C=O) groups excluding carboxylic acids is 1. The first-order valence-electron chi connectivity index (χ1n) is 8.51. The SMILES string of the molecule is CSCCC(NS(=O)(=O)c1ccc(C)cc1)C(=O)NC1CCCNC1. The number of benzene rings is 1. The van der Waals surface area contributed by atoms with Gasteiger partial charge in [0.05, 0.1) is 4.90 Å². The van der Waals surface area contributed by atoms with Crippen LogP contribution in [0.1, 0.15) is 24.8 Å². The molecule has 1 saturated heterocycles. The highest BCUT2D eigenvalue weighted by Crippen LogP contribution is 2.13. The fourth-order valence-corrected chi connectivity index (χ4v) is 4.43. The number of piperidine rings is 1. The molecule has 0 radical (unpaired) electrons. The number of carbonyl (C=O) groups is 1. The molecule has 1 aliphatic heterocycles. The zero-order valence-electron chi connectivity index (χ0n) is 14.7. The average molecular weight is 386 g/mol. The van der Waals surface area contributed by atoms with Crippen LogP contribution in [0.5, 0.6) is 0 Å². The molecule has 1 aromatic rings. The molecule has 3 N–H and O–H groups in total. The minimum absolute atomic E-state index is 0.0573. The lowest BCUT2D eigenvalue weighted by Crippen LogP contribution is -2.53. The fraction of sp³-hybridized carbons (Fsp3) is 0.588. The zero-order valence-corrected chi connectivity index (χ0v) is 16.4. The lowest BCUT2D eigenvalue weighted by Gasteiger charge is -2.26. The summed E-state index contributed by atoms with van der Waals surface area (Å²) in [4.78, 5) is 12.8. The molecule has 1 heterocycles. The summed E-state index contributed by atoms with van der Waals surface area (Å²) in [6, 6.07) is 5.92. The van der Waals surface area contributed by atoms with E-state index in [-0.39, 0.29) is 16.8 Å². The molecule has 0 aromatic heterocycles. The molecule has 1 fully saturated rings. The monoisotopic (exact) mass is 385 g/mol. The largest absolute Gasteiger partial charge is 0.351 e. The Morgan fingerprint density at radius 3 is 2.68 bits per heavy atom. The molecule has 0 spiro atoms. The molecule has 2 atom stereocenters. The van der Waals surface area contributed by atoms with E-state index in [0.717, 1.165) is 31.5 Å². The van der Waals surface area contributed by atoms with Crippen molar-refractivity contribution in [2.45, 2.75) is 43.2 Å². The van der Waals surface area contributed by atoms with Gasteiger partial charge >= 0.3 is 0 Å². The van der Waals surface area contributed by atoms with Gasteiger partial charge in [0.1, 0.15) is 6.04 Å². The van der Waals surface area contributed by atoms with Crippen LogP contribution in [0.3, 0.4) is 0 Å². The van der Waals surface area contributed by atoms with Crippen molar-refractivity contribution in [2.24, 2.45) is 0 Å². The quantitative estimate of drug-likeness (QED) is 0.627. The van der Waals surface area contributed by atoms with Gasteiger partial charge in [0.25, 0.3) is 0 Å². The van der Waals surface area contributed by atoms with Crippen LogP contribution in [-0.4, -0.2) is 51.5 Å². The second kappa shape index (κ2) is 9.56. The van der Waals surface area contributed by atoms with Gasteiger partial charge in [0.15, 0.2) is 0 Å². The van der Waals surface area contributed by atoms with E-state index in [4.69, 9.17) is 0 Å². The summed E-state index contributed by atoms with van der Waals surface area (Å²) in [5, 5.41) is 6.22. The molecule has 6 nitrogen and oxygen atoms in total. The van der Waals surface area contributed by atoms with Crippen LogP contribution in [0.2, 0.25) is 0 Å². The van der Waals surface area contributed by atoms with Gasteiger partial charge in [-0.05, 0) is 56.9 Å². The van der Waals surface area contributed by atoms with Gasteiger partial charge in [-0.2, -0.15) is 16.5 Å². The molecule has 1 aliphatic rings. The fourth-order valence-electron chi connectivity index (χ4n) is 2.73. The van der Waals surface area contributed by atoms with Crippen LogP contribution in [0.25, 0.3) is 0 Å². The Morgan fingerprint density at radius 1 is 1.36 bits per heavy atom. The highest BCUT2D eigenvalue weighted by atomic mass is 32.2. The predicted molar refractivity (Wildman–Crippen MR) is 102 cm³/mol. The van der Waals surface area contributed by atoms with E-state index in [2.05, 4.69) is 15.4 Å². The van der Waals surface area contributed by atoms with Crippen molar-refractivity contribution in [3.63, 3.8) is 0 Å². The highest BCUT2D eigenvalue weighted by Gasteiger charge is 2.27. The second-order valence-electron chi connectivity index (χ2n) is 6.32. The molecular weight excluding hydrogens is 358 g/mol. The Hall–Kier alpha value is -1.09. The lowest BCUT2D eigenvalue weighted by molar-refractivity contribution is -0.123. The van der Waals surface area contributed by atoms with Crippen LogP contribution in [0.4, 0.5) is 0 Å². The summed E-state index contributed by atoms with van der Waals surface area (Å²) in [5.41, 5.74) is 0.987. The van der Waals surface area contributed by atoms with E-state index in [9.17, 15) is 13.2 Å². The maximum absolute atomic E-state index is 12.6. The third-order valence-electron chi connectivity index (χ3n) is 4.20. The van der Waals surface area contributed by atoms with Crippen molar-refractivity contribution in [1.29, 1.82) is 0 Å². The molecule has 1 aromatic carbocycles. The highest BCUT2D eigenvalue weighted by molar-refractivity contribution is 7.98. The number of thioether (sulfide) groups is 1. The number of rotatable bonds is 8. The lowest BCUT2D eigenvalue weighted by atomic mass is 10.1. The Bertz CT molecular complexity index is 656. The molecule has 0 saturated carbocycles. The van der Waals surface area contributed by atoms with Crippen LogP contribution in [-0.2, 0) is 14.8 Å². The second-order valence-corrected chi connectivity index (χ2v) is 9.02. The predicted octanol–water partition coefficient (Wildman–Crippen LogP) is 1.26. The number of nitrogens with one attached hydrogen (secondary N) is 3. The zero-order chi connectivity index (χ0) is 18.3. The summed E-state index contributed by atoms with van der Waals surface area (Å²) in [6.07, 6.45) is 4.32. The van der Waals surface area contributed by atoms with Crippen molar-refractivity contribution in [2.75, 3.05) is 25.1 Å². The first-order chi connectivity index (χ1) is 11.9. The first-order valence-corrected chi connectivity index (χ1v) is 11.4. The number of amides is 1. The number of hydrogen-bond donors (Lipinski definition) is 3. The summed E-state index contributed by atoms with van der Waals surface area (Å²) in [5.74, 6) is 0.454. The van der Waals surface area contributed by atoms with Crippen molar-refractivity contribution in [3.05, 3.63) is 29.8 Å². The Labute approximate surface area is 154 Å². The van der Waals surface area contributed by atoms with Crippen LogP contribution >= 0.6 is 11.8 Å². The maximum Gasteiger partial charge on any atom is 0.241 e. The summed E-state index contributed by atoms with van der Waals surface area (Å²) >= 11 is 1.59. The Kier molecular flexibility index (Phi) is 7.74. The third-order valence-corrected chi connectivity index (χ3v) is 6.33. The van der Waals surface area contributed by atoms with E-state index >= 15 is 0 Å². The van der Waals surface area contributed by atoms with Crippen LogP contribution in [0, 0.1) is 6.92 Å². The van der Waals surface area contributed by atoms with Crippen LogP contribution in [0.15, 0.2) is 29.2 Å². The maximum atomic E-state index is 12.6. The normalized spacial score (nSPS) is 19.4. The average Bonchev–Trinajstić information content (AvgIpc) is 2.59. The smallest absolute Gasteiger partial charge is 0.241 e. The molecule has 0 aliphatic carbocycles. The molecule has 2 rings (SSSR count). The minimum atomic E-state index is -3.73. The van der Waals surface area contributed by atoms with Crippen molar-refractivity contribution >= 4 is 27.7 Å². The molecule has 2 unspecified atom stereocenters. The van der Waals surface area contributed by atoms with E-state index in [1.54, 1.807) is 36.0 Å². The van der Waals surface area contributed by atoms with Crippen LogP contribution < -0.4 is 15.4 Å². The van der Waals surface area contributed by atoms with Gasteiger partial charge < -0.3 is 10.6 Å². The number of sulfonamides is 1. The van der Waals surface area contributed by atoms with Crippen molar-refractivity contribution in [1.82, 2.24) is 15.4 Å². The standard InChI is InChI=1S/C17H27N3O3S2/c1-13-5-7-15(8-6-13)25(22,23)20-16(9-11-24-2)17(21)19-14-4-3-10-18-12-14/h5-8,14,16,18,20H,3-4,9-12H2,1-2H3,(H,19,21). The molecule has 140 valence electrons. The van der Waals surface area contributed by atoms with E-state index in [1.807, 2.05) is 13.2 Å². The first kappa shape index (κ1) is 20.2. The van der Waals surface area contributed by atoms with Gasteiger partial charge in [-0.1, -0.05) is 17.7 Å². The van der Waals surface area contributed by atoms with Gasteiger partial charge in [0.2, 0.25) is 15.9 Å². The Morgan fingerprint density at radius 2 is 2.08 bits per heavy atom. The van der Waals surface area contributed by atoms with Gasteiger partial charge in [-0.15, -0.1) is 0 Å². The summed E-state index contributed by atoms with van der Waals surface area (Å²) in [7, 11) is -3.73. The van der Waals surface area contributed by atoms with Crippen molar-refractivity contribution in [3.8, 4) is 0 Å². The van der Waals surface area contributed by atoms with E-state index in [0.29, 0.717) is 12.2 Å². The third kappa shape index (κ3) is 6.29. The molecule has 25 heavy (non-hydrogen) atoms. The summed E-state index contributed by atoms with van der Waals surface area (Å²) < 4.78 is 27.8. The van der Waals surface area contributed by atoms with Gasteiger partial charge in [-0.25, -0.2) is 8.42 Å². The van der Waals surface area contributed by atoms with Gasteiger partial charge in [0, 0.05) is 12.6 Å². The van der Waals surface area contributed by atoms with E-state index in [1.165, 1.54) is 0 Å². The molecule has 8 heteroatoms. The van der Waals surface area contributed by atoms with Gasteiger partial charge in [-0.3, -0.25) is 4.79 Å². The van der Waals surface area contributed by atoms with E-state index < -0.39 is 16.1 Å². The molecular formula is C17H27N3O3S2. The number of aryl methyl sites for hydroxylation is 1. The number of hydrogen-bond acceptors (Lipinski definition) is 5. The topological polar surface area (TPSA) is 87.3 Å². The molecule has 1 amide bonds. The Balaban J connectivity index is 2.07.